The van der Waals surface area contributed by atoms with Crippen molar-refractivity contribution in [2.75, 3.05) is 0 Å². The van der Waals surface area contributed by atoms with E-state index < -0.39 is 5.60 Å². The van der Waals surface area contributed by atoms with E-state index in [1.807, 2.05) is 0 Å². The lowest BCUT2D eigenvalue weighted by Crippen LogP contribution is -2.32. The Bertz CT molecular complexity index is 462. The molecule has 0 spiro atoms. The molecule has 0 amide bonds. The molecule has 3 aliphatic rings. The number of hydrogen-bond donors (Lipinski definition) is 1. The molecule has 1 saturated carbocycles. The summed E-state index contributed by atoms with van der Waals surface area (Å²) >= 11 is 0. The van der Waals surface area contributed by atoms with Gasteiger partial charge in [-0.25, -0.2) is 0 Å². The largest absolute Gasteiger partial charge is 0.390 e. The Morgan fingerprint density at radius 1 is 1.18 bits per heavy atom. The molecular weight excluding hydrogens is 272 g/mol. The Morgan fingerprint density at radius 3 is 2.50 bits per heavy atom. The first kappa shape index (κ1) is 16.5. The van der Waals surface area contributed by atoms with Crippen molar-refractivity contribution in [2.45, 2.75) is 96.9 Å². The van der Waals surface area contributed by atoms with Crippen molar-refractivity contribution in [3.05, 3.63) is 11.6 Å². The van der Waals surface area contributed by atoms with Crippen molar-refractivity contribution in [1.29, 1.82) is 0 Å². The van der Waals surface area contributed by atoms with Gasteiger partial charge in [0, 0.05) is 0 Å². The van der Waals surface area contributed by atoms with E-state index in [4.69, 9.17) is 4.74 Å². The van der Waals surface area contributed by atoms with Crippen LogP contribution in [0.4, 0.5) is 0 Å². The van der Waals surface area contributed by atoms with Gasteiger partial charge in [-0.15, -0.1) is 0 Å². The van der Waals surface area contributed by atoms with Crippen LogP contribution < -0.4 is 0 Å². The lowest BCUT2D eigenvalue weighted by molar-refractivity contribution is 0.0117. The number of epoxide rings is 1. The average Bonchev–Trinajstić information content (AvgIpc) is 3.29. The van der Waals surface area contributed by atoms with Crippen LogP contribution in [0.2, 0.25) is 0 Å². The van der Waals surface area contributed by atoms with Gasteiger partial charge in [-0.05, 0) is 89.9 Å². The minimum Gasteiger partial charge on any atom is -0.390 e. The van der Waals surface area contributed by atoms with Gasteiger partial charge in [0.2, 0.25) is 0 Å². The second kappa shape index (κ2) is 5.34. The van der Waals surface area contributed by atoms with Gasteiger partial charge in [-0.2, -0.15) is 0 Å². The van der Waals surface area contributed by atoms with E-state index >= 15 is 0 Å². The predicted octanol–water partition coefficient (Wildman–Crippen LogP) is 4.86. The zero-order valence-electron chi connectivity index (χ0n) is 15.1. The van der Waals surface area contributed by atoms with Crippen LogP contribution in [0.5, 0.6) is 0 Å². The number of fused-ring (bicyclic) bond motifs is 1. The standard InChI is InChI=1S/C20H34O2/c1-14-7-6-10-20(5,21)16-13-15(16)19(4,11-8-14)12-9-17-18(2,3)22-17/h7,15-17,21H,6,8-13H2,1-5H3. The number of aliphatic hydroxyl groups is 1. The van der Waals surface area contributed by atoms with Gasteiger partial charge >= 0.3 is 0 Å². The highest BCUT2D eigenvalue weighted by Crippen LogP contribution is 2.61. The number of rotatable bonds is 3. The van der Waals surface area contributed by atoms with Crippen molar-refractivity contribution in [3.63, 3.8) is 0 Å². The first-order valence-electron chi connectivity index (χ1n) is 9.20. The third kappa shape index (κ3) is 3.28. The zero-order chi connectivity index (χ0) is 16.2. The monoisotopic (exact) mass is 306 g/mol. The van der Waals surface area contributed by atoms with Crippen LogP contribution in [-0.4, -0.2) is 22.4 Å². The summed E-state index contributed by atoms with van der Waals surface area (Å²) in [5.41, 5.74) is 1.50. The van der Waals surface area contributed by atoms with E-state index in [0.29, 0.717) is 23.4 Å². The molecule has 126 valence electrons. The normalized spacial score (nSPS) is 47.4. The van der Waals surface area contributed by atoms with E-state index in [1.54, 1.807) is 0 Å². The van der Waals surface area contributed by atoms with E-state index in [0.717, 1.165) is 12.8 Å². The SMILES string of the molecule is CC1=CCCC(C)(O)C2CC2C(C)(CCC2OC2(C)C)CC1. The van der Waals surface area contributed by atoms with Gasteiger partial charge in [0.25, 0.3) is 0 Å². The second-order valence-corrected chi connectivity index (χ2v) is 9.30. The maximum atomic E-state index is 10.8. The lowest BCUT2D eigenvalue weighted by atomic mass is 9.72. The third-order valence-corrected chi connectivity index (χ3v) is 6.86. The highest BCUT2D eigenvalue weighted by atomic mass is 16.6. The molecule has 1 saturated heterocycles. The highest BCUT2D eigenvalue weighted by molar-refractivity contribution is 5.10. The maximum Gasteiger partial charge on any atom is 0.0892 e. The topological polar surface area (TPSA) is 32.8 Å². The number of hydrogen-bond acceptors (Lipinski definition) is 2. The van der Waals surface area contributed by atoms with Gasteiger partial charge in [-0.1, -0.05) is 18.6 Å². The van der Waals surface area contributed by atoms with Crippen LogP contribution in [0.15, 0.2) is 11.6 Å². The van der Waals surface area contributed by atoms with Gasteiger partial charge in [-0.3, -0.25) is 0 Å². The molecule has 3 rings (SSSR count). The Kier molecular flexibility index (Phi) is 4.01. The highest BCUT2D eigenvalue weighted by Gasteiger charge is 2.57. The molecule has 5 atom stereocenters. The number of ether oxygens (including phenoxy) is 1. The first-order chi connectivity index (χ1) is 10.1. The van der Waals surface area contributed by atoms with Crippen molar-refractivity contribution >= 4 is 0 Å². The summed E-state index contributed by atoms with van der Waals surface area (Å²) in [4.78, 5) is 0. The minimum absolute atomic E-state index is 0.108. The molecule has 1 N–H and O–H groups in total. The molecule has 2 nitrogen and oxygen atoms in total. The van der Waals surface area contributed by atoms with E-state index in [-0.39, 0.29) is 5.60 Å². The molecule has 2 heteroatoms. The molecule has 1 aliphatic heterocycles. The summed E-state index contributed by atoms with van der Waals surface area (Å²) in [6, 6.07) is 0. The fourth-order valence-electron chi connectivity index (χ4n) is 4.73. The van der Waals surface area contributed by atoms with Crippen LogP contribution in [0.3, 0.4) is 0 Å². The lowest BCUT2D eigenvalue weighted by Gasteiger charge is -2.34. The fraction of sp³-hybridized carbons (Fsp3) is 0.900. The maximum absolute atomic E-state index is 10.8. The molecule has 0 aromatic rings. The Morgan fingerprint density at radius 2 is 1.86 bits per heavy atom. The van der Waals surface area contributed by atoms with Gasteiger partial charge in [0.15, 0.2) is 0 Å². The average molecular weight is 306 g/mol. The summed E-state index contributed by atoms with van der Waals surface area (Å²) in [7, 11) is 0. The van der Waals surface area contributed by atoms with Crippen LogP contribution in [-0.2, 0) is 4.74 Å². The summed E-state index contributed by atoms with van der Waals surface area (Å²) in [6.45, 7) is 11.2. The van der Waals surface area contributed by atoms with Crippen molar-refractivity contribution in [2.24, 2.45) is 17.3 Å². The van der Waals surface area contributed by atoms with Gasteiger partial charge < -0.3 is 9.84 Å². The number of allylic oxidation sites excluding steroid dienone is 2. The summed E-state index contributed by atoms with van der Waals surface area (Å²) in [5, 5.41) is 10.8. The minimum atomic E-state index is -0.477. The summed E-state index contributed by atoms with van der Waals surface area (Å²) < 4.78 is 5.79. The molecule has 2 fully saturated rings. The molecule has 22 heavy (non-hydrogen) atoms. The Labute approximate surface area is 136 Å². The predicted molar refractivity (Wildman–Crippen MR) is 90.7 cm³/mol. The Hall–Kier alpha value is -0.340. The van der Waals surface area contributed by atoms with Crippen molar-refractivity contribution < 1.29 is 9.84 Å². The molecule has 0 radical (unpaired) electrons. The molecular formula is C20H34O2. The molecule has 0 bridgehead atoms. The molecule has 1 heterocycles. The van der Waals surface area contributed by atoms with Crippen LogP contribution >= 0.6 is 0 Å². The smallest absolute Gasteiger partial charge is 0.0892 e. The van der Waals surface area contributed by atoms with Crippen molar-refractivity contribution in [1.82, 2.24) is 0 Å². The third-order valence-electron chi connectivity index (χ3n) is 6.86. The van der Waals surface area contributed by atoms with E-state index in [1.165, 1.54) is 37.7 Å². The fourth-order valence-corrected chi connectivity index (χ4v) is 4.73. The van der Waals surface area contributed by atoms with Gasteiger partial charge in [0.05, 0.1) is 17.3 Å². The second-order valence-electron chi connectivity index (χ2n) is 9.30. The Balaban J connectivity index is 1.70. The molecule has 0 aromatic heterocycles. The van der Waals surface area contributed by atoms with Gasteiger partial charge in [0.1, 0.15) is 0 Å². The summed E-state index contributed by atoms with van der Waals surface area (Å²) in [5.74, 6) is 1.22. The molecule has 0 aromatic carbocycles. The quantitative estimate of drug-likeness (QED) is 0.597. The van der Waals surface area contributed by atoms with E-state index in [9.17, 15) is 5.11 Å². The van der Waals surface area contributed by atoms with Crippen LogP contribution in [0.25, 0.3) is 0 Å². The zero-order valence-corrected chi connectivity index (χ0v) is 15.1. The van der Waals surface area contributed by atoms with Crippen LogP contribution in [0.1, 0.15) is 79.6 Å². The van der Waals surface area contributed by atoms with E-state index in [2.05, 4.69) is 40.7 Å². The van der Waals surface area contributed by atoms with Crippen LogP contribution in [0, 0.1) is 17.3 Å². The first-order valence-corrected chi connectivity index (χ1v) is 9.20. The van der Waals surface area contributed by atoms with Crippen molar-refractivity contribution in [3.8, 4) is 0 Å². The molecule has 5 unspecified atom stereocenters. The molecule has 2 aliphatic carbocycles. The summed E-state index contributed by atoms with van der Waals surface area (Å²) in [6.07, 6.45) is 10.9.